The average Bonchev–Trinajstić information content (AvgIpc) is 2.44. The molecule has 2 rings (SSSR count). The van der Waals surface area contributed by atoms with Crippen LogP contribution in [0.1, 0.15) is 21.5 Å². The lowest BCUT2D eigenvalue weighted by Gasteiger charge is -2.07. The number of nitrogens with one attached hydrogen (secondary N) is 1. The molecule has 4 heteroatoms. The number of hydrogen-bond acceptors (Lipinski definition) is 2. The molecule has 2 aromatic carbocycles. The van der Waals surface area contributed by atoms with Crippen molar-refractivity contribution in [3.05, 3.63) is 64.2 Å². The van der Waals surface area contributed by atoms with Gasteiger partial charge in [-0.05, 0) is 54.8 Å². The summed E-state index contributed by atoms with van der Waals surface area (Å²) in [6.45, 7) is 1.98. The number of aryl methyl sites for hydroxylation is 1. The summed E-state index contributed by atoms with van der Waals surface area (Å²) in [4.78, 5) is 12.1. The smallest absolute Gasteiger partial charge is 0.255 e. The van der Waals surface area contributed by atoms with Gasteiger partial charge in [-0.15, -0.1) is 0 Å². The van der Waals surface area contributed by atoms with Crippen LogP contribution in [0, 0.1) is 6.92 Å². The van der Waals surface area contributed by atoms with Crippen LogP contribution in [-0.4, -0.2) is 17.6 Å². The maximum atomic E-state index is 12.1. The minimum Gasteiger partial charge on any atom is -0.396 e. The first-order valence-corrected chi connectivity index (χ1v) is 6.75. The molecule has 20 heavy (non-hydrogen) atoms. The number of halogens is 1. The fourth-order valence-electron chi connectivity index (χ4n) is 1.87. The van der Waals surface area contributed by atoms with Crippen LogP contribution in [0.15, 0.2) is 42.5 Å². The van der Waals surface area contributed by atoms with Gasteiger partial charge in [0.05, 0.1) is 0 Å². The van der Waals surface area contributed by atoms with Crippen molar-refractivity contribution < 1.29 is 9.90 Å². The van der Waals surface area contributed by atoms with Gasteiger partial charge in [0.25, 0.3) is 5.91 Å². The molecule has 2 N–H and O–H groups in total. The van der Waals surface area contributed by atoms with Crippen molar-refractivity contribution in [1.82, 2.24) is 0 Å². The fraction of sp³-hybridized carbons (Fsp3) is 0.188. The van der Waals surface area contributed by atoms with E-state index in [0.29, 0.717) is 17.0 Å². The molecule has 0 atom stereocenters. The van der Waals surface area contributed by atoms with Crippen LogP contribution in [0.2, 0.25) is 5.02 Å². The molecule has 0 unspecified atom stereocenters. The SMILES string of the molecule is Cc1cc(C(=O)Nc2ccc(CCO)cc2)ccc1Cl. The van der Waals surface area contributed by atoms with Gasteiger partial charge in [-0.1, -0.05) is 23.7 Å². The van der Waals surface area contributed by atoms with E-state index in [9.17, 15) is 4.79 Å². The summed E-state index contributed by atoms with van der Waals surface area (Å²) < 4.78 is 0. The van der Waals surface area contributed by atoms with Crippen molar-refractivity contribution >= 4 is 23.2 Å². The highest BCUT2D eigenvalue weighted by Gasteiger charge is 2.07. The Morgan fingerprint density at radius 1 is 1.20 bits per heavy atom. The highest BCUT2D eigenvalue weighted by Crippen LogP contribution is 2.17. The summed E-state index contributed by atoms with van der Waals surface area (Å²) in [7, 11) is 0. The fourth-order valence-corrected chi connectivity index (χ4v) is 1.99. The Morgan fingerprint density at radius 2 is 1.90 bits per heavy atom. The summed E-state index contributed by atoms with van der Waals surface area (Å²) in [5.41, 5.74) is 3.21. The number of amides is 1. The first kappa shape index (κ1) is 14.6. The summed E-state index contributed by atoms with van der Waals surface area (Å²) in [6, 6.07) is 12.6. The average molecular weight is 290 g/mol. The molecule has 0 aliphatic rings. The van der Waals surface area contributed by atoms with Gasteiger partial charge in [-0.3, -0.25) is 4.79 Å². The highest BCUT2D eigenvalue weighted by molar-refractivity contribution is 6.31. The van der Waals surface area contributed by atoms with Gasteiger partial charge in [0.1, 0.15) is 0 Å². The molecule has 0 radical (unpaired) electrons. The Bertz CT molecular complexity index is 608. The van der Waals surface area contributed by atoms with Crippen molar-refractivity contribution in [2.45, 2.75) is 13.3 Å². The lowest BCUT2D eigenvalue weighted by atomic mass is 10.1. The first-order valence-electron chi connectivity index (χ1n) is 6.37. The molecule has 0 fully saturated rings. The molecule has 1 amide bonds. The zero-order valence-electron chi connectivity index (χ0n) is 11.2. The Morgan fingerprint density at radius 3 is 2.50 bits per heavy atom. The van der Waals surface area contributed by atoms with Gasteiger partial charge in [0, 0.05) is 22.9 Å². The third kappa shape index (κ3) is 3.59. The Balaban J connectivity index is 2.08. The molecule has 0 spiro atoms. The van der Waals surface area contributed by atoms with Crippen molar-refractivity contribution in [2.24, 2.45) is 0 Å². The second-order valence-electron chi connectivity index (χ2n) is 4.59. The number of carbonyl (C=O) groups excluding carboxylic acids is 1. The lowest BCUT2D eigenvalue weighted by molar-refractivity contribution is 0.102. The van der Waals surface area contributed by atoms with Crippen LogP contribution in [0.5, 0.6) is 0 Å². The topological polar surface area (TPSA) is 49.3 Å². The van der Waals surface area contributed by atoms with E-state index in [4.69, 9.17) is 16.7 Å². The van der Waals surface area contributed by atoms with E-state index in [1.807, 2.05) is 31.2 Å². The molecule has 0 saturated carbocycles. The normalized spacial score (nSPS) is 10.3. The van der Waals surface area contributed by atoms with Crippen LogP contribution in [0.4, 0.5) is 5.69 Å². The van der Waals surface area contributed by atoms with Crippen molar-refractivity contribution in [1.29, 1.82) is 0 Å². The number of carbonyl (C=O) groups is 1. The maximum Gasteiger partial charge on any atom is 0.255 e. The zero-order chi connectivity index (χ0) is 14.5. The number of hydrogen-bond donors (Lipinski definition) is 2. The summed E-state index contributed by atoms with van der Waals surface area (Å²) in [5.74, 6) is -0.167. The predicted octanol–water partition coefficient (Wildman–Crippen LogP) is 3.44. The molecule has 3 nitrogen and oxygen atoms in total. The Labute approximate surface area is 123 Å². The van der Waals surface area contributed by atoms with E-state index in [0.717, 1.165) is 16.8 Å². The zero-order valence-corrected chi connectivity index (χ0v) is 11.9. The number of aliphatic hydroxyl groups excluding tert-OH is 1. The van der Waals surface area contributed by atoms with E-state index >= 15 is 0 Å². The van der Waals surface area contributed by atoms with E-state index in [1.165, 1.54) is 0 Å². The van der Waals surface area contributed by atoms with E-state index in [1.54, 1.807) is 18.2 Å². The van der Waals surface area contributed by atoms with Crippen LogP contribution < -0.4 is 5.32 Å². The Hall–Kier alpha value is -1.84. The van der Waals surface area contributed by atoms with Crippen LogP contribution >= 0.6 is 11.6 Å². The second kappa shape index (κ2) is 6.55. The highest BCUT2D eigenvalue weighted by atomic mass is 35.5. The van der Waals surface area contributed by atoms with Crippen LogP contribution in [-0.2, 0) is 6.42 Å². The molecular formula is C16H16ClNO2. The minimum atomic E-state index is -0.167. The van der Waals surface area contributed by atoms with Gasteiger partial charge in [0.15, 0.2) is 0 Å². The van der Waals surface area contributed by atoms with Gasteiger partial charge in [0.2, 0.25) is 0 Å². The standard InChI is InChI=1S/C16H16ClNO2/c1-11-10-13(4-7-15(11)17)16(20)18-14-5-2-12(3-6-14)8-9-19/h2-7,10,19H,8-9H2,1H3,(H,18,20). The quantitative estimate of drug-likeness (QED) is 0.906. The number of rotatable bonds is 4. The minimum absolute atomic E-state index is 0.121. The monoisotopic (exact) mass is 289 g/mol. The van der Waals surface area contributed by atoms with E-state index in [2.05, 4.69) is 5.32 Å². The van der Waals surface area contributed by atoms with Crippen molar-refractivity contribution in [3.63, 3.8) is 0 Å². The summed E-state index contributed by atoms with van der Waals surface area (Å²) in [6.07, 6.45) is 0.616. The third-order valence-corrected chi connectivity index (χ3v) is 3.46. The van der Waals surface area contributed by atoms with Crippen LogP contribution in [0.25, 0.3) is 0 Å². The molecule has 2 aromatic rings. The first-order chi connectivity index (χ1) is 9.60. The third-order valence-electron chi connectivity index (χ3n) is 3.03. The van der Waals surface area contributed by atoms with Gasteiger partial charge < -0.3 is 10.4 Å². The predicted molar refractivity (Wildman–Crippen MR) is 81.4 cm³/mol. The molecule has 0 aliphatic carbocycles. The van der Waals surface area contributed by atoms with E-state index < -0.39 is 0 Å². The summed E-state index contributed by atoms with van der Waals surface area (Å²) >= 11 is 5.94. The van der Waals surface area contributed by atoms with Gasteiger partial charge in [-0.25, -0.2) is 0 Å². The van der Waals surface area contributed by atoms with Crippen molar-refractivity contribution in [3.8, 4) is 0 Å². The van der Waals surface area contributed by atoms with Gasteiger partial charge >= 0.3 is 0 Å². The van der Waals surface area contributed by atoms with Gasteiger partial charge in [-0.2, -0.15) is 0 Å². The molecule has 0 aromatic heterocycles. The molecular weight excluding hydrogens is 274 g/mol. The molecule has 0 heterocycles. The molecule has 0 saturated heterocycles. The lowest BCUT2D eigenvalue weighted by Crippen LogP contribution is -2.12. The summed E-state index contributed by atoms with van der Waals surface area (Å²) in [5, 5.41) is 12.3. The molecule has 104 valence electrons. The van der Waals surface area contributed by atoms with Crippen molar-refractivity contribution in [2.75, 3.05) is 11.9 Å². The largest absolute Gasteiger partial charge is 0.396 e. The molecule has 0 bridgehead atoms. The maximum absolute atomic E-state index is 12.1. The second-order valence-corrected chi connectivity index (χ2v) is 5.00. The van der Waals surface area contributed by atoms with Crippen LogP contribution in [0.3, 0.4) is 0 Å². The number of anilines is 1. The molecule has 0 aliphatic heterocycles. The Kier molecular flexibility index (Phi) is 4.77. The van der Waals surface area contributed by atoms with E-state index in [-0.39, 0.29) is 12.5 Å². The number of benzene rings is 2. The number of aliphatic hydroxyl groups is 1.